The molecule has 0 spiro atoms. The number of nitrogens with two attached hydrogens (primary N) is 2. The van der Waals surface area contributed by atoms with E-state index in [1.807, 2.05) is 27.7 Å². The lowest BCUT2D eigenvalue weighted by Gasteiger charge is -2.54. The van der Waals surface area contributed by atoms with Gasteiger partial charge in [0.15, 0.2) is 0 Å². The van der Waals surface area contributed by atoms with Crippen LogP contribution in [-0.2, 0) is 19.6 Å². The molecule has 144 valence electrons. The van der Waals surface area contributed by atoms with Crippen LogP contribution >= 0.6 is 0 Å². The van der Waals surface area contributed by atoms with E-state index in [9.17, 15) is 18.0 Å². The van der Waals surface area contributed by atoms with Crippen LogP contribution in [0, 0.1) is 0 Å². The second-order valence-electron chi connectivity index (χ2n) is 7.96. The summed E-state index contributed by atoms with van der Waals surface area (Å²) in [6.07, 6.45) is 1.19. The number of amides is 2. The molecule has 0 saturated carbocycles. The van der Waals surface area contributed by atoms with Gasteiger partial charge in [0.05, 0.1) is 4.90 Å². The molecule has 1 aromatic rings. The second-order valence-corrected chi connectivity index (χ2v) is 9.52. The van der Waals surface area contributed by atoms with Gasteiger partial charge in [-0.15, -0.1) is 0 Å². The maximum absolute atomic E-state index is 12.8. The lowest BCUT2D eigenvalue weighted by Crippen LogP contribution is -2.66. The SMILES string of the molecule is CC1(C)CC(N)CC(C)(C)N1C(=O)C(=O)Nc1ccc(S(N)(=O)=O)cc1. The summed E-state index contributed by atoms with van der Waals surface area (Å²) in [7, 11) is -3.82. The first kappa shape index (κ1) is 20.3. The predicted octanol–water partition coefficient (Wildman–Crippen LogP) is 0.779. The smallest absolute Gasteiger partial charge is 0.313 e. The number of sulfonamides is 1. The van der Waals surface area contributed by atoms with Gasteiger partial charge < -0.3 is 16.0 Å². The van der Waals surface area contributed by atoms with Gasteiger partial charge in [-0.3, -0.25) is 9.59 Å². The summed E-state index contributed by atoms with van der Waals surface area (Å²) >= 11 is 0. The highest BCUT2D eigenvalue weighted by Gasteiger charge is 2.48. The first-order valence-electron chi connectivity index (χ1n) is 8.28. The van der Waals surface area contributed by atoms with Crippen molar-refractivity contribution in [1.82, 2.24) is 4.90 Å². The summed E-state index contributed by atoms with van der Waals surface area (Å²) < 4.78 is 22.5. The largest absolute Gasteiger partial charge is 0.328 e. The Kier molecular flexibility index (Phi) is 5.19. The van der Waals surface area contributed by atoms with Crippen molar-refractivity contribution in [2.45, 2.75) is 62.6 Å². The average Bonchev–Trinajstić information content (AvgIpc) is 2.43. The van der Waals surface area contributed by atoms with E-state index in [1.54, 1.807) is 4.90 Å². The number of nitrogens with one attached hydrogen (secondary N) is 1. The fourth-order valence-corrected chi connectivity index (χ4v) is 4.44. The van der Waals surface area contributed by atoms with Gasteiger partial charge in [0.25, 0.3) is 0 Å². The van der Waals surface area contributed by atoms with Crippen LogP contribution < -0.4 is 16.2 Å². The van der Waals surface area contributed by atoms with Crippen molar-refractivity contribution in [3.63, 3.8) is 0 Å². The van der Waals surface area contributed by atoms with Crippen LogP contribution in [0.25, 0.3) is 0 Å². The molecule has 5 N–H and O–H groups in total. The molecular formula is C17H26N4O4S. The van der Waals surface area contributed by atoms with Crippen molar-refractivity contribution in [1.29, 1.82) is 0 Å². The van der Waals surface area contributed by atoms with Crippen LogP contribution in [0.1, 0.15) is 40.5 Å². The van der Waals surface area contributed by atoms with Crippen molar-refractivity contribution in [2.75, 3.05) is 5.32 Å². The zero-order valence-corrected chi connectivity index (χ0v) is 16.3. The predicted molar refractivity (Wildman–Crippen MR) is 98.7 cm³/mol. The summed E-state index contributed by atoms with van der Waals surface area (Å²) in [6, 6.07) is 5.26. The molecule has 9 heteroatoms. The minimum Gasteiger partial charge on any atom is -0.328 e. The zero-order valence-electron chi connectivity index (χ0n) is 15.4. The Labute approximate surface area is 154 Å². The Bertz CT molecular complexity index is 798. The van der Waals surface area contributed by atoms with Crippen LogP contribution in [0.2, 0.25) is 0 Å². The maximum atomic E-state index is 12.8. The van der Waals surface area contributed by atoms with Crippen LogP contribution in [0.4, 0.5) is 5.69 Å². The summed E-state index contributed by atoms with van der Waals surface area (Å²) in [5.74, 6) is -1.44. The van der Waals surface area contributed by atoms with E-state index in [2.05, 4.69) is 5.32 Å². The number of benzene rings is 1. The Morgan fingerprint density at radius 2 is 1.54 bits per heavy atom. The molecule has 0 aromatic heterocycles. The minimum atomic E-state index is -3.82. The standard InChI is InChI=1S/C17H26N4O4S/c1-16(2)9-11(18)10-17(3,4)21(16)15(23)14(22)20-12-5-7-13(8-6-12)26(19,24)25/h5-8,11H,9-10,18H2,1-4H3,(H,20,22)(H2,19,24,25). The molecule has 1 aliphatic rings. The van der Waals surface area contributed by atoms with Crippen LogP contribution in [0.3, 0.4) is 0 Å². The number of hydrogen-bond acceptors (Lipinski definition) is 5. The Morgan fingerprint density at radius 3 is 1.96 bits per heavy atom. The average molecular weight is 382 g/mol. The molecule has 0 unspecified atom stereocenters. The molecule has 0 atom stereocenters. The van der Waals surface area contributed by atoms with Gasteiger partial charge in [0.2, 0.25) is 10.0 Å². The fraction of sp³-hybridized carbons (Fsp3) is 0.529. The van der Waals surface area contributed by atoms with E-state index in [0.717, 1.165) is 0 Å². The quantitative estimate of drug-likeness (QED) is 0.650. The molecule has 1 fully saturated rings. The Morgan fingerprint density at radius 1 is 1.08 bits per heavy atom. The Hall–Kier alpha value is -1.97. The molecule has 0 bridgehead atoms. The van der Waals surface area contributed by atoms with Crippen molar-refractivity contribution in [2.24, 2.45) is 10.9 Å². The van der Waals surface area contributed by atoms with Crippen molar-refractivity contribution in [3.8, 4) is 0 Å². The number of likely N-dealkylation sites (tertiary alicyclic amines) is 1. The van der Waals surface area contributed by atoms with E-state index >= 15 is 0 Å². The summed E-state index contributed by atoms with van der Waals surface area (Å²) in [5.41, 5.74) is 5.28. The molecular weight excluding hydrogens is 356 g/mol. The first-order valence-corrected chi connectivity index (χ1v) is 9.83. The molecule has 2 rings (SSSR count). The van der Waals surface area contributed by atoms with E-state index in [-0.39, 0.29) is 10.9 Å². The van der Waals surface area contributed by atoms with Gasteiger partial charge >= 0.3 is 11.8 Å². The third-order valence-corrected chi connectivity index (χ3v) is 5.50. The molecule has 0 aliphatic carbocycles. The normalized spacial score (nSPS) is 19.8. The molecule has 26 heavy (non-hydrogen) atoms. The maximum Gasteiger partial charge on any atom is 0.313 e. The summed E-state index contributed by atoms with van der Waals surface area (Å²) in [6.45, 7) is 7.55. The second kappa shape index (κ2) is 6.64. The molecule has 1 aliphatic heterocycles. The molecule has 8 nitrogen and oxygen atoms in total. The van der Waals surface area contributed by atoms with Crippen LogP contribution in [0.15, 0.2) is 29.2 Å². The lowest BCUT2D eigenvalue weighted by atomic mass is 9.77. The Balaban J connectivity index is 2.20. The van der Waals surface area contributed by atoms with Gasteiger partial charge in [-0.2, -0.15) is 0 Å². The minimum absolute atomic E-state index is 0.0436. The van der Waals surface area contributed by atoms with E-state index in [1.165, 1.54) is 24.3 Å². The van der Waals surface area contributed by atoms with Crippen molar-refractivity contribution < 1.29 is 18.0 Å². The molecule has 2 amide bonds. The van der Waals surface area contributed by atoms with Gasteiger partial charge in [0.1, 0.15) is 0 Å². The van der Waals surface area contributed by atoms with E-state index in [0.29, 0.717) is 18.5 Å². The number of nitrogens with zero attached hydrogens (tertiary/aromatic N) is 1. The van der Waals surface area contributed by atoms with Gasteiger partial charge in [-0.1, -0.05) is 0 Å². The van der Waals surface area contributed by atoms with Crippen molar-refractivity contribution in [3.05, 3.63) is 24.3 Å². The topological polar surface area (TPSA) is 136 Å². The van der Waals surface area contributed by atoms with E-state index < -0.39 is 32.9 Å². The zero-order chi connectivity index (χ0) is 19.9. The van der Waals surface area contributed by atoms with Gasteiger partial charge in [0, 0.05) is 22.8 Å². The lowest BCUT2D eigenvalue weighted by molar-refractivity contribution is -0.156. The summed E-state index contributed by atoms with van der Waals surface area (Å²) in [5, 5.41) is 7.55. The van der Waals surface area contributed by atoms with E-state index in [4.69, 9.17) is 10.9 Å². The van der Waals surface area contributed by atoms with Crippen molar-refractivity contribution >= 4 is 27.5 Å². The number of hydrogen-bond donors (Lipinski definition) is 3. The monoisotopic (exact) mass is 382 g/mol. The highest BCUT2D eigenvalue weighted by atomic mass is 32.2. The number of carbonyl (C=O) groups is 2. The van der Waals surface area contributed by atoms with Crippen LogP contribution in [-0.4, -0.2) is 42.3 Å². The molecule has 1 heterocycles. The number of rotatable bonds is 2. The number of piperidine rings is 1. The first-order chi connectivity index (χ1) is 11.7. The number of carbonyl (C=O) groups excluding carboxylic acids is 2. The fourth-order valence-electron chi connectivity index (χ4n) is 3.92. The number of anilines is 1. The highest BCUT2D eigenvalue weighted by molar-refractivity contribution is 7.89. The number of primary sulfonamides is 1. The van der Waals surface area contributed by atoms with Crippen LogP contribution in [0.5, 0.6) is 0 Å². The summed E-state index contributed by atoms with van der Waals surface area (Å²) in [4.78, 5) is 26.8. The third-order valence-electron chi connectivity index (χ3n) is 4.57. The molecule has 1 aromatic carbocycles. The highest BCUT2D eigenvalue weighted by Crippen LogP contribution is 2.37. The molecule has 0 radical (unpaired) electrons. The van der Waals surface area contributed by atoms with Gasteiger partial charge in [-0.25, -0.2) is 13.6 Å². The molecule has 1 saturated heterocycles. The third kappa shape index (κ3) is 4.22. The van der Waals surface area contributed by atoms with Gasteiger partial charge in [-0.05, 0) is 64.8 Å².